The van der Waals surface area contributed by atoms with Crippen LogP contribution in [0.25, 0.3) is 0 Å². The van der Waals surface area contributed by atoms with E-state index >= 15 is 0 Å². The standard InChI is InChI=1S/C17H20N4OS/c1-11(2)10-23-17-20-15(14(8-18)16(19)21-17)9-22-13-6-4-12(3)5-7-13/h4-7,11H,9-10H2,1-3H3,(H2,19,20,21). The molecule has 0 aliphatic carbocycles. The van der Waals surface area contributed by atoms with Crippen molar-refractivity contribution in [2.75, 3.05) is 11.5 Å². The molecule has 0 atom stereocenters. The number of hydrogen-bond donors (Lipinski definition) is 1. The number of nitriles is 1. The van der Waals surface area contributed by atoms with Crippen LogP contribution in [-0.4, -0.2) is 15.7 Å². The van der Waals surface area contributed by atoms with Gasteiger partial charge in [-0.05, 0) is 25.0 Å². The summed E-state index contributed by atoms with van der Waals surface area (Å²) in [4.78, 5) is 8.63. The molecule has 2 rings (SSSR count). The van der Waals surface area contributed by atoms with Gasteiger partial charge in [-0.2, -0.15) is 5.26 Å². The van der Waals surface area contributed by atoms with Crippen LogP contribution in [0, 0.1) is 24.2 Å². The molecule has 0 unspecified atom stereocenters. The van der Waals surface area contributed by atoms with Gasteiger partial charge in [0.2, 0.25) is 0 Å². The summed E-state index contributed by atoms with van der Waals surface area (Å²) in [5, 5.41) is 9.85. The smallest absolute Gasteiger partial charge is 0.189 e. The predicted octanol–water partition coefficient (Wildman–Crippen LogP) is 3.57. The predicted molar refractivity (Wildman–Crippen MR) is 92.2 cm³/mol. The zero-order chi connectivity index (χ0) is 16.8. The highest BCUT2D eigenvalue weighted by atomic mass is 32.2. The van der Waals surface area contributed by atoms with E-state index in [1.807, 2.05) is 31.2 Å². The Bertz CT molecular complexity index is 708. The number of hydrogen-bond acceptors (Lipinski definition) is 6. The lowest BCUT2D eigenvalue weighted by Crippen LogP contribution is -2.08. The maximum atomic E-state index is 9.27. The van der Waals surface area contributed by atoms with Gasteiger partial charge in [-0.3, -0.25) is 0 Å². The summed E-state index contributed by atoms with van der Waals surface area (Å²) in [5.74, 6) is 2.35. The van der Waals surface area contributed by atoms with Crippen LogP contribution in [0.2, 0.25) is 0 Å². The van der Waals surface area contributed by atoms with Crippen LogP contribution in [0.5, 0.6) is 5.75 Å². The molecule has 0 aliphatic rings. The maximum Gasteiger partial charge on any atom is 0.189 e. The molecule has 0 saturated heterocycles. The van der Waals surface area contributed by atoms with E-state index in [0.717, 1.165) is 17.1 Å². The average molecular weight is 328 g/mol. The number of rotatable bonds is 6. The molecule has 0 fully saturated rings. The molecule has 0 spiro atoms. The second kappa shape index (κ2) is 7.84. The monoisotopic (exact) mass is 328 g/mol. The molecule has 120 valence electrons. The van der Waals surface area contributed by atoms with E-state index in [4.69, 9.17) is 10.5 Å². The summed E-state index contributed by atoms with van der Waals surface area (Å²) in [5.41, 5.74) is 7.85. The lowest BCUT2D eigenvalue weighted by Gasteiger charge is -2.10. The van der Waals surface area contributed by atoms with Crippen molar-refractivity contribution in [2.45, 2.75) is 32.5 Å². The van der Waals surface area contributed by atoms with Crippen LogP contribution in [0.15, 0.2) is 29.4 Å². The average Bonchev–Trinajstić information content (AvgIpc) is 2.52. The number of thioether (sulfide) groups is 1. The molecule has 1 aromatic carbocycles. The molecule has 23 heavy (non-hydrogen) atoms. The number of nitrogen functional groups attached to an aromatic ring is 1. The van der Waals surface area contributed by atoms with Gasteiger partial charge in [-0.25, -0.2) is 9.97 Å². The van der Waals surface area contributed by atoms with Crippen molar-refractivity contribution in [3.8, 4) is 11.8 Å². The number of aryl methyl sites for hydroxylation is 1. The van der Waals surface area contributed by atoms with Gasteiger partial charge in [0, 0.05) is 5.75 Å². The molecule has 0 amide bonds. The Balaban J connectivity index is 2.18. The third-order valence-corrected chi connectivity index (χ3v) is 4.32. The van der Waals surface area contributed by atoms with E-state index in [0.29, 0.717) is 16.8 Å². The lowest BCUT2D eigenvalue weighted by atomic mass is 10.2. The maximum absolute atomic E-state index is 9.27. The first-order chi connectivity index (χ1) is 11.0. The van der Waals surface area contributed by atoms with E-state index in [2.05, 4.69) is 29.9 Å². The first kappa shape index (κ1) is 17.1. The SMILES string of the molecule is Cc1ccc(OCc2nc(SCC(C)C)nc(N)c2C#N)cc1. The highest BCUT2D eigenvalue weighted by Crippen LogP contribution is 2.22. The number of nitrogens with two attached hydrogens (primary N) is 1. The molecule has 0 radical (unpaired) electrons. The first-order valence-electron chi connectivity index (χ1n) is 7.38. The van der Waals surface area contributed by atoms with Crippen LogP contribution >= 0.6 is 11.8 Å². The van der Waals surface area contributed by atoms with Crippen LogP contribution in [0.1, 0.15) is 30.7 Å². The third kappa shape index (κ3) is 4.86. The molecule has 1 aromatic heterocycles. The van der Waals surface area contributed by atoms with Gasteiger partial charge in [0.05, 0.1) is 0 Å². The van der Waals surface area contributed by atoms with Gasteiger partial charge in [0.1, 0.15) is 35.5 Å². The Hall–Kier alpha value is -2.26. The van der Waals surface area contributed by atoms with Crippen LogP contribution in [0.4, 0.5) is 5.82 Å². The minimum absolute atomic E-state index is 0.188. The van der Waals surface area contributed by atoms with Crippen molar-refractivity contribution in [2.24, 2.45) is 5.92 Å². The molecule has 2 N–H and O–H groups in total. The number of ether oxygens (including phenoxy) is 1. The van der Waals surface area contributed by atoms with Gasteiger partial charge >= 0.3 is 0 Å². The van der Waals surface area contributed by atoms with Crippen molar-refractivity contribution in [3.05, 3.63) is 41.1 Å². The molecular formula is C17H20N4OS. The Morgan fingerprint density at radius 1 is 1.26 bits per heavy atom. The van der Waals surface area contributed by atoms with Gasteiger partial charge in [0.25, 0.3) is 0 Å². The molecule has 2 aromatic rings. The summed E-state index contributed by atoms with van der Waals surface area (Å²) in [7, 11) is 0. The van der Waals surface area contributed by atoms with Crippen molar-refractivity contribution < 1.29 is 4.74 Å². The summed E-state index contributed by atoms with van der Waals surface area (Å²) in [6.07, 6.45) is 0. The Morgan fingerprint density at radius 2 is 1.96 bits per heavy atom. The highest BCUT2D eigenvalue weighted by Gasteiger charge is 2.13. The Kier molecular flexibility index (Phi) is 5.83. The highest BCUT2D eigenvalue weighted by molar-refractivity contribution is 7.99. The molecule has 5 nitrogen and oxygen atoms in total. The van der Waals surface area contributed by atoms with Crippen molar-refractivity contribution in [3.63, 3.8) is 0 Å². The number of nitrogens with zero attached hydrogens (tertiary/aromatic N) is 3. The fourth-order valence-electron chi connectivity index (χ4n) is 1.82. The molecular weight excluding hydrogens is 308 g/mol. The molecule has 6 heteroatoms. The fraction of sp³-hybridized carbons (Fsp3) is 0.353. The number of anilines is 1. The molecule has 0 bridgehead atoms. The normalized spacial score (nSPS) is 10.6. The topological polar surface area (TPSA) is 84.8 Å². The lowest BCUT2D eigenvalue weighted by molar-refractivity contribution is 0.299. The number of benzene rings is 1. The Labute approximate surface area is 140 Å². The third-order valence-electron chi connectivity index (χ3n) is 3.05. The second-order valence-electron chi connectivity index (χ2n) is 5.63. The minimum atomic E-state index is 0.188. The van der Waals surface area contributed by atoms with Gasteiger partial charge in [-0.15, -0.1) is 0 Å². The van der Waals surface area contributed by atoms with E-state index < -0.39 is 0 Å². The van der Waals surface area contributed by atoms with E-state index in [-0.39, 0.29) is 18.0 Å². The second-order valence-corrected chi connectivity index (χ2v) is 6.62. The fourth-order valence-corrected chi connectivity index (χ4v) is 2.64. The van der Waals surface area contributed by atoms with Gasteiger partial charge in [0.15, 0.2) is 5.16 Å². The molecule has 0 saturated carbocycles. The van der Waals surface area contributed by atoms with E-state index in [1.54, 1.807) is 0 Å². The largest absolute Gasteiger partial charge is 0.487 e. The summed E-state index contributed by atoms with van der Waals surface area (Å²) in [6.45, 7) is 6.46. The van der Waals surface area contributed by atoms with Crippen LogP contribution < -0.4 is 10.5 Å². The van der Waals surface area contributed by atoms with E-state index in [9.17, 15) is 5.26 Å². The molecule has 1 heterocycles. The molecule has 0 aliphatic heterocycles. The summed E-state index contributed by atoms with van der Waals surface area (Å²) < 4.78 is 5.72. The van der Waals surface area contributed by atoms with Gasteiger partial charge in [-0.1, -0.05) is 43.3 Å². The van der Waals surface area contributed by atoms with Crippen molar-refractivity contribution in [1.82, 2.24) is 9.97 Å². The summed E-state index contributed by atoms with van der Waals surface area (Å²) >= 11 is 1.53. The van der Waals surface area contributed by atoms with Gasteiger partial charge < -0.3 is 10.5 Å². The Morgan fingerprint density at radius 3 is 2.57 bits per heavy atom. The van der Waals surface area contributed by atoms with Crippen molar-refractivity contribution in [1.29, 1.82) is 5.26 Å². The van der Waals surface area contributed by atoms with Crippen molar-refractivity contribution >= 4 is 17.6 Å². The first-order valence-corrected chi connectivity index (χ1v) is 8.37. The zero-order valence-electron chi connectivity index (χ0n) is 13.5. The van der Waals surface area contributed by atoms with Crippen LogP contribution in [0.3, 0.4) is 0 Å². The quantitative estimate of drug-likeness (QED) is 0.644. The summed E-state index contributed by atoms with van der Waals surface area (Å²) in [6, 6.07) is 9.78. The number of aromatic nitrogens is 2. The zero-order valence-corrected chi connectivity index (χ0v) is 14.4. The minimum Gasteiger partial charge on any atom is -0.487 e. The van der Waals surface area contributed by atoms with Crippen LogP contribution in [-0.2, 0) is 6.61 Å². The van der Waals surface area contributed by atoms with E-state index in [1.165, 1.54) is 11.8 Å².